The summed E-state index contributed by atoms with van der Waals surface area (Å²) < 4.78 is 33.9. The third-order valence-electron chi connectivity index (χ3n) is 5.80. The average Bonchev–Trinajstić information content (AvgIpc) is 2.92. The second-order valence-electron chi connectivity index (χ2n) is 7.79. The van der Waals surface area contributed by atoms with Crippen molar-refractivity contribution >= 4 is 27.3 Å². The first-order chi connectivity index (χ1) is 13.3. The molecule has 1 aliphatic heterocycles. The second kappa shape index (κ2) is 6.51. The molecule has 0 atom stereocenters. The van der Waals surface area contributed by atoms with E-state index in [1.165, 1.54) is 13.2 Å². The van der Waals surface area contributed by atoms with Crippen LogP contribution in [-0.4, -0.2) is 21.4 Å². The van der Waals surface area contributed by atoms with Crippen molar-refractivity contribution in [2.75, 3.05) is 17.1 Å². The van der Waals surface area contributed by atoms with Gasteiger partial charge < -0.3 is 10.1 Å². The van der Waals surface area contributed by atoms with E-state index in [-0.39, 0.29) is 22.5 Å². The lowest BCUT2D eigenvalue weighted by Gasteiger charge is -2.36. The smallest absolute Gasteiger partial charge is 0.265 e. The number of hydrogen-bond acceptors (Lipinski definition) is 4. The molecule has 1 amide bonds. The van der Waals surface area contributed by atoms with Crippen molar-refractivity contribution in [3.8, 4) is 5.75 Å². The zero-order valence-electron chi connectivity index (χ0n) is 16.2. The van der Waals surface area contributed by atoms with Gasteiger partial charge in [0.15, 0.2) is 0 Å². The molecule has 2 N–H and O–H groups in total. The van der Waals surface area contributed by atoms with Crippen LogP contribution in [0.2, 0.25) is 0 Å². The predicted molar refractivity (Wildman–Crippen MR) is 108 cm³/mol. The number of rotatable bonds is 5. The van der Waals surface area contributed by atoms with E-state index in [0.29, 0.717) is 5.69 Å². The maximum atomic E-state index is 13.0. The molecule has 7 heteroatoms. The van der Waals surface area contributed by atoms with E-state index in [1.807, 2.05) is 26.0 Å². The molecule has 2 aromatic rings. The van der Waals surface area contributed by atoms with Gasteiger partial charge in [0.05, 0.1) is 12.5 Å². The van der Waals surface area contributed by atoms with Crippen molar-refractivity contribution in [1.82, 2.24) is 0 Å². The number of benzene rings is 2. The molecular weight excluding hydrogens is 376 g/mol. The largest absolute Gasteiger partial charge is 0.495 e. The van der Waals surface area contributed by atoms with E-state index in [1.54, 1.807) is 18.2 Å². The predicted octanol–water partition coefficient (Wildman–Crippen LogP) is 3.99. The number of carbonyl (C=O) groups is 1. The molecule has 0 bridgehead atoms. The molecule has 2 aromatic carbocycles. The zero-order valence-corrected chi connectivity index (χ0v) is 17.0. The summed E-state index contributed by atoms with van der Waals surface area (Å²) in [5, 5.41) is 3.04. The lowest BCUT2D eigenvalue weighted by atomic mass is 9.65. The fourth-order valence-corrected chi connectivity index (χ4v) is 5.34. The molecule has 1 fully saturated rings. The van der Waals surface area contributed by atoms with Gasteiger partial charge in [-0.3, -0.25) is 9.52 Å². The molecule has 6 nitrogen and oxygen atoms in total. The minimum Gasteiger partial charge on any atom is -0.495 e. The van der Waals surface area contributed by atoms with E-state index in [9.17, 15) is 13.2 Å². The molecule has 0 aromatic heterocycles. The summed E-state index contributed by atoms with van der Waals surface area (Å²) in [6.07, 6.45) is 2.60. The molecule has 148 valence electrons. The van der Waals surface area contributed by atoms with E-state index in [0.717, 1.165) is 36.1 Å². The first-order valence-electron chi connectivity index (χ1n) is 9.44. The summed E-state index contributed by atoms with van der Waals surface area (Å²) in [6, 6.07) is 10.1. The Morgan fingerprint density at radius 3 is 2.50 bits per heavy atom. The molecule has 0 saturated heterocycles. The monoisotopic (exact) mass is 400 g/mol. The number of amides is 1. The van der Waals surface area contributed by atoms with Gasteiger partial charge in [-0.25, -0.2) is 8.42 Å². The Hall–Kier alpha value is -2.54. The Bertz CT molecular complexity index is 1060. The Morgan fingerprint density at radius 2 is 1.89 bits per heavy atom. The highest BCUT2D eigenvalue weighted by atomic mass is 32.2. The Labute approximate surface area is 165 Å². The number of ether oxygens (including phenoxy) is 1. The zero-order chi connectivity index (χ0) is 20.1. The van der Waals surface area contributed by atoms with Crippen molar-refractivity contribution < 1.29 is 17.9 Å². The number of fused-ring (bicyclic) bond motifs is 2. The highest BCUT2D eigenvalue weighted by Gasteiger charge is 2.51. The number of para-hydroxylation sites is 1. The van der Waals surface area contributed by atoms with Crippen molar-refractivity contribution in [3.05, 3.63) is 47.5 Å². The molecule has 1 saturated carbocycles. The summed E-state index contributed by atoms with van der Waals surface area (Å²) in [5.41, 5.74) is 2.65. The van der Waals surface area contributed by atoms with Gasteiger partial charge in [0.25, 0.3) is 10.0 Å². The number of sulfonamides is 1. The lowest BCUT2D eigenvalue weighted by molar-refractivity contribution is -0.123. The van der Waals surface area contributed by atoms with Gasteiger partial charge in [0.1, 0.15) is 10.6 Å². The van der Waals surface area contributed by atoms with Crippen LogP contribution in [0.25, 0.3) is 0 Å². The van der Waals surface area contributed by atoms with E-state index in [2.05, 4.69) is 10.0 Å². The molecule has 1 spiro atoms. The summed E-state index contributed by atoms with van der Waals surface area (Å²) in [5.74, 6) is 0.452. The number of nitrogens with one attached hydrogen (secondary N) is 2. The minimum atomic E-state index is -3.84. The molecule has 1 heterocycles. The second-order valence-corrected chi connectivity index (χ2v) is 9.44. The molecular formula is C21H24N2O4S. The van der Waals surface area contributed by atoms with Gasteiger partial charge in [-0.2, -0.15) is 0 Å². The van der Waals surface area contributed by atoms with Crippen LogP contribution >= 0.6 is 0 Å². The van der Waals surface area contributed by atoms with E-state index >= 15 is 0 Å². The Morgan fingerprint density at radius 1 is 1.18 bits per heavy atom. The van der Waals surface area contributed by atoms with Crippen molar-refractivity contribution in [2.45, 2.75) is 49.3 Å². The summed E-state index contributed by atoms with van der Waals surface area (Å²) in [6.45, 7) is 4.07. The van der Waals surface area contributed by atoms with Crippen LogP contribution in [0.1, 0.15) is 50.2 Å². The molecule has 1 aliphatic carbocycles. The van der Waals surface area contributed by atoms with E-state index < -0.39 is 15.4 Å². The summed E-state index contributed by atoms with van der Waals surface area (Å²) in [4.78, 5) is 12.7. The van der Waals surface area contributed by atoms with Gasteiger partial charge in [-0.1, -0.05) is 32.4 Å². The minimum absolute atomic E-state index is 0.0281. The summed E-state index contributed by atoms with van der Waals surface area (Å²) in [7, 11) is -2.39. The van der Waals surface area contributed by atoms with Crippen LogP contribution in [-0.2, 0) is 20.2 Å². The van der Waals surface area contributed by atoms with Crippen LogP contribution in [0.4, 0.5) is 11.4 Å². The summed E-state index contributed by atoms with van der Waals surface area (Å²) >= 11 is 0. The third-order valence-corrected chi connectivity index (χ3v) is 7.22. The third kappa shape index (κ3) is 2.76. The SMILES string of the molecule is COc1ccccc1S(=O)(=O)Nc1cc(C(C)C)c2c(c1)C1(CCC1)C(=O)N2. The fourth-order valence-electron chi connectivity index (χ4n) is 4.13. The Balaban J connectivity index is 1.80. The van der Waals surface area contributed by atoms with Crippen LogP contribution in [0.5, 0.6) is 5.75 Å². The topological polar surface area (TPSA) is 84.5 Å². The van der Waals surface area contributed by atoms with Gasteiger partial charge in [0.2, 0.25) is 5.91 Å². The van der Waals surface area contributed by atoms with Crippen molar-refractivity contribution in [2.24, 2.45) is 0 Å². The highest BCUT2D eigenvalue weighted by Crippen LogP contribution is 2.53. The van der Waals surface area contributed by atoms with Crippen molar-refractivity contribution in [1.29, 1.82) is 0 Å². The number of anilines is 2. The normalized spacial score (nSPS) is 17.2. The molecule has 4 rings (SSSR count). The fraction of sp³-hybridized carbons (Fsp3) is 0.381. The quantitative estimate of drug-likeness (QED) is 0.795. The van der Waals surface area contributed by atoms with Crippen molar-refractivity contribution in [3.63, 3.8) is 0 Å². The van der Waals surface area contributed by atoms with E-state index in [4.69, 9.17) is 4.74 Å². The maximum absolute atomic E-state index is 13.0. The standard InChI is InChI=1S/C21H24N2O4S/c1-13(2)15-11-14(12-16-19(15)22-20(24)21(16)9-6-10-21)23-28(25,26)18-8-5-4-7-17(18)27-3/h4-5,7-8,11-13,23H,6,9-10H2,1-3H3,(H,22,24). The van der Waals surface area contributed by atoms with Crippen LogP contribution in [0.15, 0.2) is 41.3 Å². The number of carbonyl (C=O) groups excluding carboxylic acids is 1. The van der Waals surface area contributed by atoms with Crippen LogP contribution < -0.4 is 14.8 Å². The molecule has 2 aliphatic rings. The first-order valence-corrected chi connectivity index (χ1v) is 10.9. The van der Waals surface area contributed by atoms with Gasteiger partial charge >= 0.3 is 0 Å². The van der Waals surface area contributed by atoms with Gasteiger partial charge in [-0.15, -0.1) is 0 Å². The van der Waals surface area contributed by atoms with Crippen LogP contribution in [0, 0.1) is 0 Å². The lowest BCUT2D eigenvalue weighted by Crippen LogP contribution is -2.40. The first kappa shape index (κ1) is 18.8. The molecule has 0 unspecified atom stereocenters. The average molecular weight is 401 g/mol. The Kier molecular flexibility index (Phi) is 4.38. The maximum Gasteiger partial charge on any atom is 0.265 e. The van der Waals surface area contributed by atoms with Gasteiger partial charge in [-0.05, 0) is 54.2 Å². The highest BCUT2D eigenvalue weighted by molar-refractivity contribution is 7.92. The van der Waals surface area contributed by atoms with Crippen LogP contribution in [0.3, 0.4) is 0 Å². The molecule has 0 radical (unpaired) electrons. The van der Waals surface area contributed by atoms with Gasteiger partial charge in [0, 0.05) is 11.4 Å². The number of hydrogen-bond donors (Lipinski definition) is 2. The number of methoxy groups -OCH3 is 1. The molecule has 28 heavy (non-hydrogen) atoms.